The van der Waals surface area contributed by atoms with Crippen LogP contribution in [0.2, 0.25) is 0 Å². The SMILES string of the molecule is COc1ccc(CN2CCC(N)C(C)(C)C2)cc1Br.Cl. The van der Waals surface area contributed by atoms with E-state index in [0.29, 0.717) is 6.04 Å². The van der Waals surface area contributed by atoms with Crippen LogP contribution in [-0.2, 0) is 6.54 Å². The van der Waals surface area contributed by atoms with Gasteiger partial charge in [0.1, 0.15) is 5.75 Å². The van der Waals surface area contributed by atoms with Gasteiger partial charge in [-0.3, -0.25) is 4.90 Å². The molecular weight excluding hydrogens is 340 g/mol. The summed E-state index contributed by atoms with van der Waals surface area (Å²) in [6, 6.07) is 6.59. The van der Waals surface area contributed by atoms with Gasteiger partial charge in [-0.1, -0.05) is 19.9 Å². The lowest BCUT2D eigenvalue weighted by Gasteiger charge is -2.42. The lowest BCUT2D eigenvalue weighted by Crippen LogP contribution is -2.52. The number of likely N-dealkylation sites (tertiary alicyclic amines) is 1. The van der Waals surface area contributed by atoms with E-state index in [4.69, 9.17) is 10.5 Å². The molecule has 1 aliphatic rings. The Hall–Kier alpha value is -0.290. The zero-order valence-corrected chi connectivity index (χ0v) is 14.8. The second-order valence-corrected chi connectivity index (χ2v) is 6.92. The number of halogens is 2. The normalized spacial score (nSPS) is 22.1. The van der Waals surface area contributed by atoms with Crippen LogP contribution >= 0.6 is 28.3 Å². The topological polar surface area (TPSA) is 38.5 Å². The summed E-state index contributed by atoms with van der Waals surface area (Å²) < 4.78 is 6.27. The summed E-state index contributed by atoms with van der Waals surface area (Å²) in [7, 11) is 1.69. The van der Waals surface area contributed by atoms with Crippen molar-refractivity contribution in [1.82, 2.24) is 4.90 Å². The molecule has 3 nitrogen and oxygen atoms in total. The Morgan fingerprint density at radius 1 is 1.45 bits per heavy atom. The van der Waals surface area contributed by atoms with Crippen LogP contribution in [0, 0.1) is 5.41 Å². The standard InChI is InChI=1S/C15H23BrN2O.ClH/c1-15(2)10-18(7-6-14(15)17)9-11-4-5-13(19-3)12(16)8-11;/h4-5,8,14H,6-7,9-10,17H2,1-3H3;1H. The summed E-state index contributed by atoms with van der Waals surface area (Å²) in [4.78, 5) is 2.48. The van der Waals surface area contributed by atoms with Crippen molar-refractivity contribution < 1.29 is 4.74 Å². The van der Waals surface area contributed by atoms with E-state index in [9.17, 15) is 0 Å². The molecule has 0 spiro atoms. The molecule has 1 unspecified atom stereocenters. The van der Waals surface area contributed by atoms with Crippen LogP contribution in [0.3, 0.4) is 0 Å². The average Bonchev–Trinajstić information content (AvgIpc) is 2.34. The zero-order valence-electron chi connectivity index (χ0n) is 12.4. The first-order valence-electron chi connectivity index (χ1n) is 6.73. The molecule has 1 aliphatic heterocycles. The van der Waals surface area contributed by atoms with E-state index in [2.05, 4.69) is 46.8 Å². The summed E-state index contributed by atoms with van der Waals surface area (Å²) in [5.41, 5.74) is 7.68. The number of nitrogens with two attached hydrogens (primary N) is 1. The van der Waals surface area contributed by atoms with Gasteiger partial charge < -0.3 is 10.5 Å². The minimum Gasteiger partial charge on any atom is -0.496 e. The Morgan fingerprint density at radius 2 is 2.15 bits per heavy atom. The molecule has 0 radical (unpaired) electrons. The highest BCUT2D eigenvalue weighted by Gasteiger charge is 2.33. The number of hydrogen-bond donors (Lipinski definition) is 1. The Kier molecular flexibility index (Phi) is 6.32. The van der Waals surface area contributed by atoms with Crippen molar-refractivity contribution in [3.63, 3.8) is 0 Å². The molecule has 2 rings (SSSR count). The van der Waals surface area contributed by atoms with Crippen LogP contribution < -0.4 is 10.5 Å². The number of methoxy groups -OCH3 is 1. The van der Waals surface area contributed by atoms with Gasteiger partial charge in [-0.05, 0) is 45.5 Å². The summed E-state index contributed by atoms with van der Waals surface area (Å²) in [6.07, 6.45) is 1.07. The van der Waals surface area contributed by atoms with Gasteiger partial charge in [0.05, 0.1) is 11.6 Å². The lowest BCUT2D eigenvalue weighted by atomic mass is 9.79. The van der Waals surface area contributed by atoms with Gasteiger partial charge in [0.25, 0.3) is 0 Å². The molecule has 5 heteroatoms. The molecular formula is C15H24BrClN2O. The highest BCUT2D eigenvalue weighted by molar-refractivity contribution is 9.10. The summed E-state index contributed by atoms with van der Waals surface area (Å²) in [5.74, 6) is 0.879. The van der Waals surface area contributed by atoms with Crippen LogP contribution in [0.4, 0.5) is 0 Å². The van der Waals surface area contributed by atoms with Crippen molar-refractivity contribution >= 4 is 28.3 Å². The number of nitrogens with zero attached hydrogens (tertiary/aromatic N) is 1. The fourth-order valence-corrected chi connectivity index (χ4v) is 3.27. The fraction of sp³-hybridized carbons (Fsp3) is 0.600. The van der Waals surface area contributed by atoms with Gasteiger partial charge in [0.15, 0.2) is 0 Å². The smallest absolute Gasteiger partial charge is 0.133 e. The highest BCUT2D eigenvalue weighted by Crippen LogP contribution is 2.30. The number of rotatable bonds is 3. The third-order valence-corrected chi connectivity index (χ3v) is 4.63. The maximum atomic E-state index is 6.18. The first-order valence-corrected chi connectivity index (χ1v) is 7.52. The molecule has 0 bridgehead atoms. The number of benzene rings is 1. The number of ether oxygens (including phenoxy) is 1. The molecule has 0 aromatic heterocycles. The molecule has 2 N–H and O–H groups in total. The molecule has 0 aliphatic carbocycles. The van der Waals surface area contributed by atoms with Crippen LogP contribution in [0.25, 0.3) is 0 Å². The van der Waals surface area contributed by atoms with Gasteiger partial charge in [0.2, 0.25) is 0 Å². The average molecular weight is 364 g/mol. The van der Waals surface area contributed by atoms with E-state index in [-0.39, 0.29) is 17.8 Å². The quantitative estimate of drug-likeness (QED) is 0.894. The Labute approximate surface area is 136 Å². The third-order valence-electron chi connectivity index (χ3n) is 4.01. The predicted molar refractivity (Wildman–Crippen MR) is 89.6 cm³/mol. The highest BCUT2D eigenvalue weighted by atomic mass is 79.9. The summed E-state index contributed by atoms with van der Waals surface area (Å²) in [6.45, 7) is 7.62. The molecule has 114 valence electrons. The lowest BCUT2D eigenvalue weighted by molar-refractivity contribution is 0.0898. The van der Waals surface area contributed by atoms with Crippen molar-refractivity contribution in [2.75, 3.05) is 20.2 Å². The van der Waals surface area contributed by atoms with E-state index in [1.165, 1.54) is 5.56 Å². The van der Waals surface area contributed by atoms with Crippen LogP contribution in [0.1, 0.15) is 25.8 Å². The van der Waals surface area contributed by atoms with Crippen molar-refractivity contribution in [1.29, 1.82) is 0 Å². The summed E-state index contributed by atoms with van der Waals surface area (Å²) >= 11 is 3.54. The molecule has 0 saturated carbocycles. The monoisotopic (exact) mass is 362 g/mol. The summed E-state index contributed by atoms with van der Waals surface area (Å²) in [5, 5.41) is 0. The number of hydrogen-bond acceptors (Lipinski definition) is 3. The van der Waals surface area contributed by atoms with Crippen molar-refractivity contribution in [2.24, 2.45) is 11.1 Å². The van der Waals surface area contributed by atoms with Gasteiger partial charge in [-0.15, -0.1) is 12.4 Å². The first-order chi connectivity index (χ1) is 8.92. The van der Waals surface area contributed by atoms with Crippen LogP contribution in [0.5, 0.6) is 5.75 Å². The van der Waals surface area contributed by atoms with Gasteiger partial charge in [-0.25, -0.2) is 0 Å². The molecule has 1 fully saturated rings. The van der Waals surface area contributed by atoms with Crippen LogP contribution in [0.15, 0.2) is 22.7 Å². The van der Waals surface area contributed by atoms with E-state index in [0.717, 1.165) is 36.3 Å². The van der Waals surface area contributed by atoms with Crippen molar-refractivity contribution in [3.05, 3.63) is 28.2 Å². The molecule has 0 amide bonds. The molecule has 20 heavy (non-hydrogen) atoms. The number of piperidine rings is 1. The molecule has 1 aromatic rings. The Balaban J connectivity index is 0.00000200. The Bertz CT molecular complexity index is 453. The minimum atomic E-state index is 0. The predicted octanol–water partition coefficient (Wildman–Crippen LogP) is 3.44. The minimum absolute atomic E-state index is 0. The van der Waals surface area contributed by atoms with Gasteiger partial charge in [0, 0.05) is 25.7 Å². The molecule has 1 aromatic carbocycles. The third kappa shape index (κ3) is 4.10. The van der Waals surface area contributed by atoms with E-state index in [1.54, 1.807) is 7.11 Å². The second kappa shape index (κ2) is 7.12. The van der Waals surface area contributed by atoms with Gasteiger partial charge in [-0.2, -0.15) is 0 Å². The second-order valence-electron chi connectivity index (χ2n) is 6.06. The van der Waals surface area contributed by atoms with Crippen molar-refractivity contribution in [2.45, 2.75) is 32.9 Å². The van der Waals surface area contributed by atoms with E-state index >= 15 is 0 Å². The maximum Gasteiger partial charge on any atom is 0.133 e. The fourth-order valence-electron chi connectivity index (χ4n) is 2.69. The largest absolute Gasteiger partial charge is 0.496 e. The first kappa shape index (κ1) is 17.8. The molecule has 1 atom stereocenters. The molecule has 1 saturated heterocycles. The maximum absolute atomic E-state index is 6.18. The van der Waals surface area contributed by atoms with Crippen molar-refractivity contribution in [3.8, 4) is 5.75 Å². The molecule has 1 heterocycles. The van der Waals surface area contributed by atoms with Gasteiger partial charge >= 0.3 is 0 Å². The van der Waals surface area contributed by atoms with E-state index < -0.39 is 0 Å². The van der Waals surface area contributed by atoms with Crippen LogP contribution in [-0.4, -0.2) is 31.1 Å². The zero-order chi connectivity index (χ0) is 14.0. The Morgan fingerprint density at radius 3 is 2.70 bits per heavy atom. The van der Waals surface area contributed by atoms with E-state index in [1.807, 2.05) is 6.07 Å².